The van der Waals surface area contributed by atoms with E-state index < -0.39 is 6.10 Å². The van der Waals surface area contributed by atoms with E-state index in [9.17, 15) is 14.4 Å². The Labute approximate surface area is 114 Å². The van der Waals surface area contributed by atoms with Crippen molar-refractivity contribution in [2.24, 2.45) is 5.92 Å². The molecule has 0 radical (unpaired) electrons. The van der Waals surface area contributed by atoms with Crippen LogP contribution < -0.4 is 0 Å². The largest absolute Gasteiger partial charge is 0.461 e. The molecule has 1 rings (SSSR count). The number of allylic oxidation sites excluding steroid dienone is 1. The predicted molar refractivity (Wildman–Crippen MR) is 71.6 cm³/mol. The van der Waals surface area contributed by atoms with Crippen LogP contribution in [-0.2, 0) is 19.1 Å². The number of hydrogen-bond acceptors (Lipinski definition) is 4. The summed E-state index contributed by atoms with van der Waals surface area (Å²) in [5.74, 6) is -0.368. The van der Waals surface area contributed by atoms with E-state index in [0.29, 0.717) is 12.8 Å². The van der Waals surface area contributed by atoms with Gasteiger partial charge in [0.2, 0.25) is 0 Å². The third kappa shape index (κ3) is 5.81. The molecule has 4 nitrogen and oxygen atoms in total. The molecule has 106 valence electrons. The Kier molecular flexibility index (Phi) is 6.46. The minimum atomic E-state index is -0.398. The van der Waals surface area contributed by atoms with Crippen molar-refractivity contribution >= 4 is 17.5 Å². The van der Waals surface area contributed by atoms with Gasteiger partial charge in [0.05, 0.1) is 0 Å². The van der Waals surface area contributed by atoms with Gasteiger partial charge in [-0.2, -0.15) is 0 Å². The van der Waals surface area contributed by atoms with E-state index in [1.165, 1.54) is 13.0 Å². The zero-order valence-electron chi connectivity index (χ0n) is 11.7. The van der Waals surface area contributed by atoms with Crippen LogP contribution in [0.3, 0.4) is 0 Å². The maximum atomic E-state index is 11.6. The van der Waals surface area contributed by atoms with Gasteiger partial charge in [-0.25, -0.2) is 0 Å². The molecule has 4 heteroatoms. The van der Waals surface area contributed by atoms with E-state index in [-0.39, 0.29) is 29.9 Å². The Hall–Kier alpha value is -1.45. The molecular formula is C15H22O4. The summed E-state index contributed by atoms with van der Waals surface area (Å²) in [4.78, 5) is 33.9. The normalized spacial score (nSPS) is 22.9. The molecule has 0 spiro atoms. The quantitative estimate of drug-likeness (QED) is 0.404. The Morgan fingerprint density at radius 2 is 2.05 bits per heavy atom. The zero-order valence-corrected chi connectivity index (χ0v) is 11.7. The average molecular weight is 266 g/mol. The van der Waals surface area contributed by atoms with E-state index >= 15 is 0 Å². The van der Waals surface area contributed by atoms with E-state index in [4.69, 9.17) is 4.74 Å². The molecule has 0 aliphatic heterocycles. The zero-order chi connectivity index (χ0) is 14.3. The van der Waals surface area contributed by atoms with Crippen LogP contribution in [0.2, 0.25) is 0 Å². The molecule has 0 N–H and O–H groups in total. The summed E-state index contributed by atoms with van der Waals surface area (Å²) < 4.78 is 5.10. The monoisotopic (exact) mass is 266 g/mol. The number of esters is 1. The Bertz CT molecular complexity index is 370. The van der Waals surface area contributed by atoms with Crippen LogP contribution in [-0.4, -0.2) is 23.6 Å². The molecule has 1 aliphatic rings. The first-order valence-corrected chi connectivity index (χ1v) is 6.93. The summed E-state index contributed by atoms with van der Waals surface area (Å²) in [6.45, 7) is 3.42. The SMILES string of the molecule is CCCCCC(=O)/C=C/C1CC(=O)CC1OC(C)=O. The van der Waals surface area contributed by atoms with Gasteiger partial charge in [-0.3, -0.25) is 14.4 Å². The van der Waals surface area contributed by atoms with Crippen molar-refractivity contribution in [1.29, 1.82) is 0 Å². The fourth-order valence-corrected chi connectivity index (χ4v) is 2.25. The van der Waals surface area contributed by atoms with Gasteiger partial charge < -0.3 is 4.74 Å². The third-order valence-corrected chi connectivity index (χ3v) is 3.24. The van der Waals surface area contributed by atoms with Gasteiger partial charge in [-0.15, -0.1) is 0 Å². The highest BCUT2D eigenvalue weighted by Crippen LogP contribution is 2.27. The lowest BCUT2D eigenvalue weighted by atomic mass is 10.0. The molecule has 1 aliphatic carbocycles. The maximum absolute atomic E-state index is 11.6. The molecule has 0 aromatic rings. The van der Waals surface area contributed by atoms with E-state index in [0.717, 1.165) is 19.3 Å². The molecule has 0 amide bonds. The first-order valence-electron chi connectivity index (χ1n) is 6.93. The summed E-state index contributed by atoms with van der Waals surface area (Å²) in [6.07, 6.45) is 7.07. The van der Waals surface area contributed by atoms with Gasteiger partial charge in [0.15, 0.2) is 5.78 Å². The number of ketones is 2. The van der Waals surface area contributed by atoms with Gasteiger partial charge in [0.25, 0.3) is 0 Å². The number of ether oxygens (including phenoxy) is 1. The first kappa shape index (κ1) is 15.6. The molecule has 2 unspecified atom stereocenters. The molecule has 0 bridgehead atoms. The van der Waals surface area contributed by atoms with Gasteiger partial charge in [-0.05, 0) is 12.5 Å². The van der Waals surface area contributed by atoms with Crippen molar-refractivity contribution < 1.29 is 19.1 Å². The van der Waals surface area contributed by atoms with Crippen molar-refractivity contribution in [3.63, 3.8) is 0 Å². The van der Waals surface area contributed by atoms with Crippen LogP contribution in [0.5, 0.6) is 0 Å². The van der Waals surface area contributed by atoms with Crippen LogP contribution in [0.4, 0.5) is 0 Å². The fourth-order valence-electron chi connectivity index (χ4n) is 2.25. The Morgan fingerprint density at radius 3 is 2.68 bits per heavy atom. The van der Waals surface area contributed by atoms with Crippen LogP contribution in [0.1, 0.15) is 52.4 Å². The molecule has 0 heterocycles. The summed E-state index contributed by atoms with van der Waals surface area (Å²) >= 11 is 0. The second kappa shape index (κ2) is 7.87. The van der Waals surface area contributed by atoms with Crippen molar-refractivity contribution in [3.8, 4) is 0 Å². The molecule has 1 saturated carbocycles. The topological polar surface area (TPSA) is 60.4 Å². The van der Waals surface area contributed by atoms with Crippen LogP contribution in [0.25, 0.3) is 0 Å². The van der Waals surface area contributed by atoms with Crippen molar-refractivity contribution in [2.75, 3.05) is 0 Å². The van der Waals surface area contributed by atoms with Crippen molar-refractivity contribution in [1.82, 2.24) is 0 Å². The first-order chi connectivity index (χ1) is 9.02. The molecule has 1 fully saturated rings. The smallest absolute Gasteiger partial charge is 0.302 e. The molecule has 0 saturated heterocycles. The Morgan fingerprint density at radius 1 is 1.32 bits per heavy atom. The standard InChI is InChI=1S/C15H22O4/c1-3-4-5-6-13(17)8-7-12-9-14(18)10-15(12)19-11(2)16/h7-8,12,15H,3-6,9-10H2,1-2H3/b8-7+. The average Bonchev–Trinajstić information content (AvgIpc) is 2.66. The summed E-state index contributed by atoms with van der Waals surface area (Å²) in [5, 5.41) is 0. The van der Waals surface area contributed by atoms with Crippen molar-refractivity contribution in [3.05, 3.63) is 12.2 Å². The lowest BCUT2D eigenvalue weighted by molar-refractivity contribution is -0.147. The van der Waals surface area contributed by atoms with Crippen LogP contribution in [0, 0.1) is 5.92 Å². The maximum Gasteiger partial charge on any atom is 0.302 e. The summed E-state index contributed by atoms with van der Waals surface area (Å²) in [7, 11) is 0. The number of carbonyl (C=O) groups is 3. The molecule has 19 heavy (non-hydrogen) atoms. The highest BCUT2D eigenvalue weighted by atomic mass is 16.5. The number of hydrogen-bond donors (Lipinski definition) is 0. The molecule has 0 aromatic carbocycles. The molecule has 2 atom stereocenters. The van der Waals surface area contributed by atoms with Crippen LogP contribution in [0.15, 0.2) is 12.2 Å². The number of Topliss-reactive ketones (excluding diaryl/α,β-unsaturated/α-hetero) is 1. The van der Waals surface area contributed by atoms with Gasteiger partial charge in [0.1, 0.15) is 11.9 Å². The number of rotatable bonds is 7. The highest BCUT2D eigenvalue weighted by Gasteiger charge is 2.33. The van der Waals surface area contributed by atoms with E-state index in [1.54, 1.807) is 6.08 Å². The second-order valence-electron chi connectivity index (χ2n) is 5.04. The number of unbranched alkanes of at least 4 members (excludes halogenated alkanes) is 2. The summed E-state index contributed by atoms with van der Waals surface area (Å²) in [5.41, 5.74) is 0. The van der Waals surface area contributed by atoms with E-state index in [1.807, 2.05) is 0 Å². The lowest BCUT2D eigenvalue weighted by Gasteiger charge is -2.14. The second-order valence-corrected chi connectivity index (χ2v) is 5.04. The van der Waals surface area contributed by atoms with Crippen molar-refractivity contribution in [2.45, 2.75) is 58.5 Å². The van der Waals surface area contributed by atoms with Crippen LogP contribution >= 0.6 is 0 Å². The van der Waals surface area contributed by atoms with E-state index in [2.05, 4.69) is 6.92 Å². The minimum Gasteiger partial charge on any atom is -0.461 e. The predicted octanol–water partition coefficient (Wildman–Crippen LogP) is 2.60. The Balaban J connectivity index is 2.46. The minimum absolute atomic E-state index is 0.0781. The number of carbonyl (C=O) groups excluding carboxylic acids is 3. The summed E-state index contributed by atoms with van der Waals surface area (Å²) in [6, 6.07) is 0. The lowest BCUT2D eigenvalue weighted by Crippen LogP contribution is -2.19. The molecule has 0 aromatic heterocycles. The third-order valence-electron chi connectivity index (χ3n) is 3.24. The van der Waals surface area contributed by atoms with Gasteiger partial charge in [-0.1, -0.05) is 25.8 Å². The molecular weight excluding hydrogens is 244 g/mol. The fraction of sp³-hybridized carbons (Fsp3) is 0.667. The van der Waals surface area contributed by atoms with Gasteiger partial charge >= 0.3 is 5.97 Å². The highest BCUT2D eigenvalue weighted by molar-refractivity contribution is 5.90. The van der Waals surface area contributed by atoms with Gasteiger partial charge in [0, 0.05) is 32.1 Å².